The molecule has 0 aliphatic carbocycles. The molecule has 1 heterocycles. The zero-order valence-corrected chi connectivity index (χ0v) is 18.9. The van der Waals surface area contributed by atoms with Crippen molar-refractivity contribution < 1.29 is 25.0 Å². The van der Waals surface area contributed by atoms with Gasteiger partial charge in [-0.1, -0.05) is 78.4 Å². The number of benzene rings is 3. The zero-order valence-electron chi connectivity index (χ0n) is 16.5. The monoisotopic (exact) mass is 491 g/mol. The minimum Gasteiger partial charge on any atom is -0.302 e. The molecule has 166 valence electrons. The molecule has 0 fully saturated rings. The average Bonchev–Trinajstić information content (AvgIpc) is 3.17. The van der Waals surface area contributed by atoms with Gasteiger partial charge in [0.2, 0.25) is 0 Å². The van der Waals surface area contributed by atoms with Crippen molar-refractivity contribution in [2.45, 2.75) is 17.5 Å². The first-order chi connectivity index (χ1) is 15.1. The first kappa shape index (κ1) is 22.7. The van der Waals surface area contributed by atoms with Crippen LogP contribution in [-0.4, -0.2) is 21.4 Å². The normalized spacial score (nSPS) is 16.4. The highest BCUT2D eigenvalue weighted by Crippen LogP contribution is 2.36. The molecule has 1 aliphatic rings. The van der Waals surface area contributed by atoms with Crippen LogP contribution < -0.4 is 5.32 Å². The molecule has 1 aliphatic heterocycles. The van der Waals surface area contributed by atoms with Crippen LogP contribution in [0.1, 0.15) is 33.9 Å². The molecule has 0 saturated heterocycles. The van der Waals surface area contributed by atoms with Gasteiger partial charge in [-0.05, 0) is 39.9 Å². The zero-order chi connectivity index (χ0) is 22.9. The SMILES string of the molecule is O=S(=O)(O)OS(=O)(=O)c1ccccc1C=Cc1ccc(C2NCc3cccc(Cl)c32)cc1. The number of rotatable bonds is 6. The van der Waals surface area contributed by atoms with Gasteiger partial charge in [0.25, 0.3) is 0 Å². The molecule has 0 aromatic heterocycles. The van der Waals surface area contributed by atoms with E-state index in [9.17, 15) is 16.8 Å². The lowest BCUT2D eigenvalue weighted by Crippen LogP contribution is -2.13. The van der Waals surface area contributed by atoms with E-state index in [2.05, 4.69) is 8.95 Å². The second-order valence-electron chi connectivity index (χ2n) is 7.11. The van der Waals surface area contributed by atoms with Gasteiger partial charge >= 0.3 is 20.5 Å². The van der Waals surface area contributed by atoms with Crippen LogP contribution in [-0.2, 0) is 30.7 Å². The van der Waals surface area contributed by atoms with Gasteiger partial charge in [0.15, 0.2) is 0 Å². The minimum absolute atomic E-state index is 0.0137. The summed E-state index contributed by atoms with van der Waals surface area (Å²) in [6, 6.07) is 19.2. The molecule has 1 unspecified atom stereocenters. The Bertz CT molecular complexity index is 1400. The van der Waals surface area contributed by atoms with Gasteiger partial charge in [-0.15, -0.1) is 3.63 Å². The highest BCUT2D eigenvalue weighted by atomic mass is 35.5. The summed E-state index contributed by atoms with van der Waals surface area (Å²) in [5, 5.41) is 4.16. The summed E-state index contributed by atoms with van der Waals surface area (Å²) in [4.78, 5) is -0.383. The van der Waals surface area contributed by atoms with Gasteiger partial charge in [-0.3, -0.25) is 4.55 Å². The highest BCUT2D eigenvalue weighted by Gasteiger charge is 2.26. The lowest BCUT2D eigenvalue weighted by Gasteiger charge is -2.14. The second-order valence-corrected chi connectivity index (χ2v) is 10.3. The molecule has 1 atom stereocenters. The third kappa shape index (κ3) is 4.93. The summed E-state index contributed by atoms with van der Waals surface area (Å²) in [5.41, 5.74) is 4.28. The summed E-state index contributed by atoms with van der Waals surface area (Å²) in [7, 11) is -9.89. The molecule has 0 saturated carbocycles. The van der Waals surface area contributed by atoms with Gasteiger partial charge in [-0.2, -0.15) is 16.8 Å². The smallest absolute Gasteiger partial charge is 0.302 e. The third-order valence-electron chi connectivity index (χ3n) is 5.02. The standard InChI is InChI=1S/C22H18ClNO6S2/c23-19-6-3-5-18-14-24-22(21(18)19)17-12-9-15(10-13-17)8-11-16-4-1-2-7-20(16)31(25,26)30-32(27,28)29/h1-13,22,24H,14H2,(H,27,28,29). The van der Waals surface area contributed by atoms with Crippen molar-refractivity contribution in [2.24, 2.45) is 0 Å². The largest absolute Gasteiger partial charge is 0.412 e. The quantitative estimate of drug-likeness (QED) is 0.392. The van der Waals surface area contributed by atoms with Crippen molar-refractivity contribution in [1.29, 1.82) is 0 Å². The van der Waals surface area contributed by atoms with Crippen LogP contribution in [0.5, 0.6) is 0 Å². The van der Waals surface area contributed by atoms with E-state index in [-0.39, 0.29) is 16.5 Å². The first-order valence-electron chi connectivity index (χ1n) is 9.45. The molecular weight excluding hydrogens is 474 g/mol. The predicted octanol–water partition coefficient (Wildman–Crippen LogP) is 4.21. The topological polar surface area (TPSA) is 110 Å². The maximum Gasteiger partial charge on any atom is 0.412 e. The Morgan fingerprint density at radius 3 is 2.38 bits per heavy atom. The van der Waals surface area contributed by atoms with E-state index >= 15 is 0 Å². The molecule has 3 aromatic rings. The fourth-order valence-corrected chi connectivity index (χ4v) is 5.81. The van der Waals surface area contributed by atoms with Crippen molar-refractivity contribution in [2.75, 3.05) is 0 Å². The molecule has 32 heavy (non-hydrogen) atoms. The van der Waals surface area contributed by atoms with Crippen LogP contribution in [0.25, 0.3) is 12.2 Å². The lowest BCUT2D eigenvalue weighted by atomic mass is 9.97. The number of fused-ring (bicyclic) bond motifs is 1. The van der Waals surface area contributed by atoms with Crippen LogP contribution in [0, 0.1) is 0 Å². The Balaban J connectivity index is 1.58. The highest BCUT2D eigenvalue weighted by molar-refractivity contribution is 7.97. The van der Waals surface area contributed by atoms with Crippen LogP contribution in [0.2, 0.25) is 5.02 Å². The Labute approximate surface area is 191 Å². The Kier molecular flexibility index (Phi) is 6.22. The van der Waals surface area contributed by atoms with E-state index in [0.717, 1.165) is 28.8 Å². The minimum atomic E-state index is -5.18. The van der Waals surface area contributed by atoms with Crippen molar-refractivity contribution >= 4 is 44.3 Å². The summed E-state index contributed by atoms with van der Waals surface area (Å²) >= 11 is 6.39. The maximum atomic E-state index is 12.2. The van der Waals surface area contributed by atoms with Crippen LogP contribution in [0.4, 0.5) is 0 Å². The van der Waals surface area contributed by atoms with Crippen molar-refractivity contribution in [3.05, 3.63) is 99.6 Å². The van der Waals surface area contributed by atoms with E-state index in [1.807, 2.05) is 42.5 Å². The molecule has 0 radical (unpaired) electrons. The van der Waals surface area contributed by atoms with E-state index in [1.54, 1.807) is 12.1 Å². The molecular formula is C22H18ClNO6S2. The molecule has 4 rings (SSSR count). The van der Waals surface area contributed by atoms with Gasteiger partial charge < -0.3 is 5.32 Å². The van der Waals surface area contributed by atoms with E-state index in [4.69, 9.17) is 16.2 Å². The van der Waals surface area contributed by atoms with Crippen LogP contribution >= 0.6 is 11.6 Å². The van der Waals surface area contributed by atoms with Gasteiger partial charge in [-0.25, -0.2) is 0 Å². The molecule has 2 N–H and O–H groups in total. The van der Waals surface area contributed by atoms with Crippen molar-refractivity contribution in [3.63, 3.8) is 0 Å². The molecule has 10 heteroatoms. The molecule has 0 spiro atoms. The van der Waals surface area contributed by atoms with Gasteiger partial charge in [0, 0.05) is 11.6 Å². The number of nitrogens with one attached hydrogen (secondary N) is 1. The van der Waals surface area contributed by atoms with E-state index < -0.39 is 20.5 Å². The van der Waals surface area contributed by atoms with Gasteiger partial charge in [0.1, 0.15) is 4.90 Å². The van der Waals surface area contributed by atoms with Crippen molar-refractivity contribution in [1.82, 2.24) is 5.32 Å². The van der Waals surface area contributed by atoms with Gasteiger partial charge in [0.05, 0.1) is 6.04 Å². The Hall–Kier alpha value is -2.53. The predicted molar refractivity (Wildman–Crippen MR) is 122 cm³/mol. The van der Waals surface area contributed by atoms with Crippen molar-refractivity contribution in [3.8, 4) is 0 Å². The molecule has 0 bridgehead atoms. The number of halogens is 1. The summed E-state index contributed by atoms with van der Waals surface area (Å²) in [5.74, 6) is 0. The van der Waals surface area contributed by atoms with Crippen LogP contribution in [0.15, 0.2) is 71.6 Å². The number of hydrogen-bond donors (Lipinski definition) is 2. The van der Waals surface area contributed by atoms with E-state index in [0.29, 0.717) is 5.02 Å². The summed E-state index contributed by atoms with van der Waals surface area (Å²) in [6.07, 6.45) is 3.21. The molecule has 0 amide bonds. The fraction of sp³-hybridized carbons (Fsp3) is 0.0909. The molecule has 3 aromatic carbocycles. The fourth-order valence-electron chi connectivity index (χ4n) is 3.64. The second kappa shape index (κ2) is 8.78. The lowest BCUT2D eigenvalue weighted by molar-refractivity contribution is 0.383. The maximum absolute atomic E-state index is 12.2. The molecule has 7 nitrogen and oxygen atoms in total. The Morgan fingerprint density at radius 1 is 0.938 bits per heavy atom. The summed E-state index contributed by atoms with van der Waals surface area (Å²) in [6.45, 7) is 0.735. The third-order valence-corrected chi connectivity index (χ3v) is 7.66. The first-order valence-corrected chi connectivity index (χ1v) is 12.6. The number of hydrogen-bond acceptors (Lipinski definition) is 6. The summed E-state index contributed by atoms with van der Waals surface area (Å²) < 4.78 is 58.7. The van der Waals surface area contributed by atoms with Crippen LogP contribution in [0.3, 0.4) is 0 Å². The average molecular weight is 492 g/mol. The van der Waals surface area contributed by atoms with E-state index in [1.165, 1.54) is 24.3 Å². The Morgan fingerprint density at radius 2 is 1.66 bits per heavy atom.